The Bertz CT molecular complexity index is 1110. The Morgan fingerprint density at radius 3 is 2.24 bits per heavy atom. The van der Waals surface area contributed by atoms with Crippen molar-refractivity contribution >= 4 is 33.2 Å². The fraction of sp³-hybridized carbons (Fsp3) is 0.100. The standard InChI is InChI=1S/C20H19N3O5S/c1-14(24)22-16-4-2-5-17(12-16)23-20(25)15-7-9-19(10-8-15)29(26,27)21-13-18-6-3-11-28-18/h2-12,21H,13H2,1H3,(H,22,24)(H,23,25). The number of hydrogen-bond donors (Lipinski definition) is 3. The first-order chi connectivity index (χ1) is 13.8. The molecule has 0 bridgehead atoms. The van der Waals surface area contributed by atoms with Gasteiger partial charge >= 0.3 is 0 Å². The van der Waals surface area contributed by atoms with Crippen LogP contribution in [0.1, 0.15) is 23.0 Å². The fourth-order valence-electron chi connectivity index (χ4n) is 2.53. The van der Waals surface area contributed by atoms with E-state index in [4.69, 9.17) is 4.42 Å². The molecule has 0 aliphatic heterocycles. The number of anilines is 2. The Morgan fingerprint density at radius 2 is 1.62 bits per heavy atom. The van der Waals surface area contributed by atoms with Crippen LogP contribution < -0.4 is 15.4 Å². The Hall–Kier alpha value is -3.43. The minimum Gasteiger partial charge on any atom is -0.468 e. The highest BCUT2D eigenvalue weighted by Gasteiger charge is 2.15. The number of benzene rings is 2. The van der Waals surface area contributed by atoms with Gasteiger partial charge in [-0.2, -0.15) is 0 Å². The summed E-state index contributed by atoms with van der Waals surface area (Å²) in [6.07, 6.45) is 1.46. The van der Waals surface area contributed by atoms with Gasteiger partial charge in [-0.05, 0) is 54.6 Å². The molecule has 0 atom stereocenters. The van der Waals surface area contributed by atoms with E-state index in [0.717, 1.165) is 0 Å². The molecular weight excluding hydrogens is 394 g/mol. The molecule has 1 heterocycles. The molecule has 0 aliphatic rings. The lowest BCUT2D eigenvalue weighted by atomic mass is 10.2. The number of amides is 2. The summed E-state index contributed by atoms with van der Waals surface area (Å²) in [5.41, 5.74) is 1.34. The first-order valence-corrected chi connectivity index (χ1v) is 10.1. The van der Waals surface area contributed by atoms with Gasteiger partial charge in [-0.25, -0.2) is 13.1 Å². The molecule has 0 radical (unpaired) electrons. The predicted octanol–water partition coefficient (Wildman–Crippen LogP) is 2.97. The summed E-state index contributed by atoms with van der Waals surface area (Å²) < 4.78 is 32.2. The Kier molecular flexibility index (Phi) is 6.10. The molecule has 3 N–H and O–H groups in total. The summed E-state index contributed by atoms with van der Waals surface area (Å²) >= 11 is 0. The maximum Gasteiger partial charge on any atom is 0.255 e. The van der Waals surface area contributed by atoms with Crippen molar-refractivity contribution in [3.8, 4) is 0 Å². The lowest BCUT2D eigenvalue weighted by molar-refractivity contribution is -0.114. The molecule has 1 aromatic heterocycles. The predicted molar refractivity (Wildman–Crippen MR) is 108 cm³/mol. The van der Waals surface area contributed by atoms with Crippen LogP contribution in [0.3, 0.4) is 0 Å². The summed E-state index contributed by atoms with van der Waals surface area (Å²) in [6.45, 7) is 1.42. The van der Waals surface area contributed by atoms with E-state index in [1.165, 1.54) is 37.5 Å². The van der Waals surface area contributed by atoms with Gasteiger partial charge in [0.2, 0.25) is 15.9 Å². The van der Waals surface area contributed by atoms with Gasteiger partial charge in [0.05, 0.1) is 17.7 Å². The first-order valence-electron chi connectivity index (χ1n) is 8.64. The molecule has 0 saturated carbocycles. The molecule has 0 aliphatic carbocycles. The zero-order valence-electron chi connectivity index (χ0n) is 15.5. The molecule has 0 spiro atoms. The maximum absolute atomic E-state index is 12.4. The molecule has 9 heteroatoms. The van der Waals surface area contributed by atoms with Gasteiger partial charge in [0.15, 0.2) is 0 Å². The minimum atomic E-state index is -3.74. The molecular formula is C20H19N3O5S. The van der Waals surface area contributed by atoms with Gasteiger partial charge < -0.3 is 15.1 Å². The topological polar surface area (TPSA) is 118 Å². The average Bonchev–Trinajstić information content (AvgIpc) is 3.20. The third-order valence-electron chi connectivity index (χ3n) is 3.88. The van der Waals surface area contributed by atoms with Crippen molar-refractivity contribution in [2.45, 2.75) is 18.4 Å². The first kappa shape index (κ1) is 20.3. The van der Waals surface area contributed by atoms with Crippen LogP contribution in [0.4, 0.5) is 11.4 Å². The van der Waals surface area contributed by atoms with Crippen LogP contribution in [-0.2, 0) is 21.4 Å². The highest BCUT2D eigenvalue weighted by molar-refractivity contribution is 7.89. The number of carbonyl (C=O) groups excluding carboxylic acids is 2. The molecule has 29 heavy (non-hydrogen) atoms. The van der Waals surface area contributed by atoms with Crippen LogP contribution in [0.25, 0.3) is 0 Å². The van der Waals surface area contributed by atoms with Crippen LogP contribution in [0.2, 0.25) is 0 Å². The third-order valence-corrected chi connectivity index (χ3v) is 5.30. The van der Waals surface area contributed by atoms with E-state index in [9.17, 15) is 18.0 Å². The molecule has 0 fully saturated rings. The molecule has 0 saturated heterocycles. The van der Waals surface area contributed by atoms with Gasteiger partial charge in [-0.15, -0.1) is 0 Å². The second-order valence-electron chi connectivity index (χ2n) is 6.14. The Morgan fingerprint density at radius 1 is 0.931 bits per heavy atom. The van der Waals surface area contributed by atoms with Gasteiger partial charge in [0.25, 0.3) is 5.91 Å². The molecule has 2 aromatic carbocycles. The SMILES string of the molecule is CC(=O)Nc1cccc(NC(=O)c2ccc(S(=O)(=O)NCc3ccco3)cc2)c1. The molecule has 8 nitrogen and oxygen atoms in total. The van der Waals surface area contributed by atoms with E-state index in [0.29, 0.717) is 22.7 Å². The van der Waals surface area contributed by atoms with Crippen molar-refractivity contribution in [2.75, 3.05) is 10.6 Å². The van der Waals surface area contributed by atoms with Crippen molar-refractivity contribution in [3.63, 3.8) is 0 Å². The van der Waals surface area contributed by atoms with Gasteiger partial charge in [0, 0.05) is 23.9 Å². The van der Waals surface area contributed by atoms with Gasteiger partial charge in [0.1, 0.15) is 5.76 Å². The van der Waals surface area contributed by atoms with E-state index in [-0.39, 0.29) is 17.3 Å². The second-order valence-corrected chi connectivity index (χ2v) is 7.91. The van der Waals surface area contributed by atoms with Gasteiger partial charge in [-0.1, -0.05) is 6.07 Å². The zero-order valence-corrected chi connectivity index (χ0v) is 16.3. The van der Waals surface area contributed by atoms with E-state index in [1.807, 2.05) is 0 Å². The van der Waals surface area contributed by atoms with Crippen LogP contribution in [0.15, 0.2) is 76.2 Å². The quantitative estimate of drug-likeness (QED) is 0.550. The van der Waals surface area contributed by atoms with Crippen LogP contribution in [0, 0.1) is 0 Å². The van der Waals surface area contributed by atoms with E-state index >= 15 is 0 Å². The second kappa shape index (κ2) is 8.72. The van der Waals surface area contributed by atoms with Crippen LogP contribution >= 0.6 is 0 Å². The van der Waals surface area contributed by atoms with Crippen molar-refractivity contribution in [1.82, 2.24) is 4.72 Å². The average molecular weight is 413 g/mol. The molecule has 150 valence electrons. The Balaban J connectivity index is 1.66. The lowest BCUT2D eigenvalue weighted by Crippen LogP contribution is -2.23. The van der Waals surface area contributed by atoms with Gasteiger partial charge in [-0.3, -0.25) is 9.59 Å². The fourth-order valence-corrected chi connectivity index (χ4v) is 3.52. The largest absolute Gasteiger partial charge is 0.468 e. The Labute approximate surface area is 168 Å². The smallest absolute Gasteiger partial charge is 0.255 e. The van der Waals surface area contributed by atoms with Crippen molar-refractivity contribution in [2.24, 2.45) is 0 Å². The van der Waals surface area contributed by atoms with E-state index < -0.39 is 15.9 Å². The van der Waals surface area contributed by atoms with E-state index in [2.05, 4.69) is 15.4 Å². The third kappa shape index (κ3) is 5.53. The molecule has 2 amide bonds. The summed E-state index contributed by atoms with van der Waals surface area (Å²) in [5.74, 6) is -0.130. The highest BCUT2D eigenvalue weighted by Crippen LogP contribution is 2.17. The number of hydrogen-bond acceptors (Lipinski definition) is 5. The highest BCUT2D eigenvalue weighted by atomic mass is 32.2. The summed E-state index contributed by atoms with van der Waals surface area (Å²) in [4.78, 5) is 23.6. The summed E-state index contributed by atoms with van der Waals surface area (Å²) in [6, 6.07) is 15.6. The molecule has 0 unspecified atom stereocenters. The summed E-state index contributed by atoms with van der Waals surface area (Å²) in [7, 11) is -3.74. The molecule has 3 rings (SSSR count). The number of furan rings is 1. The normalized spacial score (nSPS) is 11.1. The monoisotopic (exact) mass is 413 g/mol. The molecule has 3 aromatic rings. The van der Waals surface area contributed by atoms with Crippen molar-refractivity contribution in [1.29, 1.82) is 0 Å². The van der Waals surface area contributed by atoms with E-state index in [1.54, 1.807) is 36.4 Å². The van der Waals surface area contributed by atoms with Crippen LogP contribution in [0.5, 0.6) is 0 Å². The number of nitrogens with one attached hydrogen (secondary N) is 3. The van der Waals surface area contributed by atoms with Crippen LogP contribution in [-0.4, -0.2) is 20.2 Å². The number of rotatable bonds is 7. The summed E-state index contributed by atoms with van der Waals surface area (Å²) in [5, 5.41) is 5.34. The number of sulfonamides is 1. The van der Waals surface area contributed by atoms with Crippen molar-refractivity contribution in [3.05, 3.63) is 78.3 Å². The van der Waals surface area contributed by atoms with Crippen molar-refractivity contribution < 1.29 is 22.4 Å². The maximum atomic E-state index is 12.4. The lowest BCUT2D eigenvalue weighted by Gasteiger charge is -2.09. The number of carbonyl (C=O) groups is 2. The minimum absolute atomic E-state index is 0.0300. The zero-order chi connectivity index (χ0) is 20.9.